The number of aldehydes is 1. The standard InChI is InChI=1S/C27H31FN4O6/c28-21-10-8-18(9-11-21)13-23(32-27(37)38-17-19-5-2-1-3-6-19)26(36)30-15-24(34)31-22(16-33)14-20-7-4-12-29-25(20)35/h1-3,5-6,8-11,16,20,22-23H,4,7,12-15,17H2,(H,29,35)(H,30,36)(H,31,34)(H,32,37). The number of halogens is 1. The molecule has 4 N–H and O–H groups in total. The average molecular weight is 527 g/mol. The Bertz CT molecular complexity index is 1110. The second-order valence-electron chi connectivity index (χ2n) is 8.98. The lowest BCUT2D eigenvalue weighted by molar-refractivity contribution is -0.129. The van der Waals surface area contributed by atoms with Crippen LogP contribution in [0.2, 0.25) is 0 Å². The molecule has 0 saturated carbocycles. The van der Waals surface area contributed by atoms with E-state index in [1.807, 2.05) is 6.07 Å². The summed E-state index contributed by atoms with van der Waals surface area (Å²) in [6.07, 6.45) is 1.32. The number of rotatable bonds is 12. The van der Waals surface area contributed by atoms with Crippen LogP contribution in [0, 0.1) is 11.7 Å². The van der Waals surface area contributed by atoms with Gasteiger partial charge in [-0.25, -0.2) is 9.18 Å². The topological polar surface area (TPSA) is 143 Å². The van der Waals surface area contributed by atoms with Crippen LogP contribution in [0.15, 0.2) is 54.6 Å². The number of hydrogen-bond acceptors (Lipinski definition) is 6. The Labute approximate surface area is 219 Å². The van der Waals surface area contributed by atoms with Crippen LogP contribution >= 0.6 is 0 Å². The third-order valence-electron chi connectivity index (χ3n) is 6.05. The molecular weight excluding hydrogens is 495 g/mol. The van der Waals surface area contributed by atoms with Crippen molar-refractivity contribution in [3.63, 3.8) is 0 Å². The first-order valence-corrected chi connectivity index (χ1v) is 12.4. The molecule has 0 aliphatic carbocycles. The summed E-state index contributed by atoms with van der Waals surface area (Å²) < 4.78 is 18.5. The van der Waals surface area contributed by atoms with Crippen LogP contribution < -0.4 is 21.3 Å². The molecule has 1 saturated heterocycles. The van der Waals surface area contributed by atoms with Crippen molar-refractivity contribution in [3.05, 3.63) is 71.5 Å². The van der Waals surface area contributed by atoms with Gasteiger partial charge in [-0.05, 0) is 42.5 Å². The third kappa shape index (κ3) is 9.30. The Morgan fingerprint density at radius 1 is 1.05 bits per heavy atom. The van der Waals surface area contributed by atoms with Gasteiger partial charge < -0.3 is 30.8 Å². The zero-order valence-corrected chi connectivity index (χ0v) is 20.8. The number of carbonyl (C=O) groups excluding carboxylic acids is 5. The maximum atomic E-state index is 13.3. The predicted molar refractivity (Wildman–Crippen MR) is 135 cm³/mol. The van der Waals surface area contributed by atoms with Gasteiger partial charge >= 0.3 is 6.09 Å². The Morgan fingerprint density at radius 2 is 1.79 bits per heavy atom. The highest BCUT2D eigenvalue weighted by Gasteiger charge is 2.27. The van der Waals surface area contributed by atoms with E-state index in [2.05, 4.69) is 21.3 Å². The van der Waals surface area contributed by atoms with Gasteiger partial charge in [0.15, 0.2) is 0 Å². The molecule has 202 valence electrons. The molecule has 3 rings (SSSR count). The molecular formula is C27H31FN4O6. The summed E-state index contributed by atoms with van der Waals surface area (Å²) >= 11 is 0. The zero-order valence-electron chi connectivity index (χ0n) is 20.8. The summed E-state index contributed by atoms with van der Waals surface area (Å²) in [7, 11) is 0. The van der Waals surface area contributed by atoms with E-state index < -0.39 is 42.4 Å². The fraction of sp³-hybridized carbons (Fsp3) is 0.370. The van der Waals surface area contributed by atoms with Crippen LogP contribution in [-0.4, -0.2) is 55.3 Å². The number of carbonyl (C=O) groups is 5. The van der Waals surface area contributed by atoms with E-state index >= 15 is 0 Å². The molecule has 0 bridgehead atoms. The molecule has 4 amide bonds. The van der Waals surface area contributed by atoms with Crippen LogP contribution in [0.1, 0.15) is 30.4 Å². The number of benzene rings is 2. The first kappa shape index (κ1) is 28.3. The van der Waals surface area contributed by atoms with Gasteiger partial charge in [-0.2, -0.15) is 0 Å². The van der Waals surface area contributed by atoms with Crippen molar-refractivity contribution in [2.45, 2.75) is 44.4 Å². The molecule has 1 aliphatic rings. The lowest BCUT2D eigenvalue weighted by Gasteiger charge is -2.24. The molecule has 1 fully saturated rings. The maximum absolute atomic E-state index is 13.3. The van der Waals surface area contributed by atoms with Gasteiger partial charge in [0, 0.05) is 18.9 Å². The maximum Gasteiger partial charge on any atom is 0.408 e. The number of hydrogen-bond donors (Lipinski definition) is 4. The van der Waals surface area contributed by atoms with Crippen molar-refractivity contribution in [1.82, 2.24) is 21.3 Å². The van der Waals surface area contributed by atoms with Crippen molar-refractivity contribution in [1.29, 1.82) is 0 Å². The minimum absolute atomic E-state index is 0.00787. The van der Waals surface area contributed by atoms with E-state index in [4.69, 9.17) is 4.74 Å². The predicted octanol–water partition coefficient (Wildman–Crippen LogP) is 1.38. The van der Waals surface area contributed by atoms with Gasteiger partial charge in [0.1, 0.15) is 24.8 Å². The van der Waals surface area contributed by atoms with E-state index in [9.17, 15) is 28.4 Å². The van der Waals surface area contributed by atoms with Crippen molar-refractivity contribution < 1.29 is 33.1 Å². The lowest BCUT2D eigenvalue weighted by atomic mass is 9.92. The lowest BCUT2D eigenvalue weighted by Crippen LogP contribution is -2.51. The monoisotopic (exact) mass is 526 g/mol. The summed E-state index contributed by atoms with van der Waals surface area (Å²) in [5.41, 5.74) is 1.33. The van der Waals surface area contributed by atoms with E-state index in [1.54, 1.807) is 24.3 Å². The van der Waals surface area contributed by atoms with Gasteiger partial charge in [0.2, 0.25) is 17.7 Å². The molecule has 10 nitrogen and oxygen atoms in total. The Kier molecular flexibility index (Phi) is 10.8. The van der Waals surface area contributed by atoms with Gasteiger partial charge in [-0.3, -0.25) is 14.4 Å². The van der Waals surface area contributed by atoms with Gasteiger partial charge in [0.25, 0.3) is 0 Å². The summed E-state index contributed by atoms with van der Waals surface area (Å²) in [5, 5.41) is 10.2. The summed E-state index contributed by atoms with van der Waals surface area (Å²) in [4.78, 5) is 61.1. The highest BCUT2D eigenvalue weighted by Crippen LogP contribution is 2.16. The largest absolute Gasteiger partial charge is 0.445 e. The number of amides is 4. The molecule has 1 heterocycles. The Morgan fingerprint density at radius 3 is 2.47 bits per heavy atom. The number of piperidine rings is 1. The second kappa shape index (κ2) is 14.5. The number of alkyl carbamates (subject to hydrolysis) is 1. The van der Waals surface area contributed by atoms with Gasteiger partial charge in [0.05, 0.1) is 12.6 Å². The van der Waals surface area contributed by atoms with Gasteiger partial charge in [-0.1, -0.05) is 42.5 Å². The molecule has 11 heteroatoms. The summed E-state index contributed by atoms with van der Waals surface area (Å²) in [6, 6.07) is 12.4. The molecule has 3 atom stereocenters. The summed E-state index contributed by atoms with van der Waals surface area (Å²) in [6.45, 7) is 0.124. The zero-order chi connectivity index (χ0) is 27.3. The van der Waals surface area contributed by atoms with E-state index in [0.717, 1.165) is 12.0 Å². The molecule has 3 unspecified atom stereocenters. The molecule has 2 aromatic carbocycles. The van der Waals surface area contributed by atoms with E-state index in [0.29, 0.717) is 24.8 Å². The smallest absolute Gasteiger partial charge is 0.408 e. The summed E-state index contributed by atoms with van der Waals surface area (Å²) in [5.74, 6) is -2.27. The van der Waals surface area contributed by atoms with E-state index in [-0.39, 0.29) is 31.3 Å². The van der Waals surface area contributed by atoms with Crippen LogP contribution in [0.3, 0.4) is 0 Å². The van der Waals surface area contributed by atoms with Crippen molar-refractivity contribution in [2.75, 3.05) is 13.1 Å². The molecule has 0 spiro atoms. The third-order valence-corrected chi connectivity index (χ3v) is 6.05. The second-order valence-corrected chi connectivity index (χ2v) is 8.98. The Hall–Kier alpha value is -4.28. The van der Waals surface area contributed by atoms with Gasteiger partial charge in [-0.15, -0.1) is 0 Å². The molecule has 0 aromatic heterocycles. The minimum Gasteiger partial charge on any atom is -0.445 e. The van der Waals surface area contributed by atoms with E-state index in [1.165, 1.54) is 24.3 Å². The van der Waals surface area contributed by atoms with Crippen molar-refractivity contribution in [3.8, 4) is 0 Å². The Balaban J connectivity index is 1.55. The van der Waals surface area contributed by atoms with Crippen molar-refractivity contribution in [2.24, 2.45) is 5.92 Å². The first-order valence-electron chi connectivity index (χ1n) is 12.4. The minimum atomic E-state index is -1.12. The van der Waals surface area contributed by atoms with Crippen LogP contribution in [0.25, 0.3) is 0 Å². The van der Waals surface area contributed by atoms with Crippen LogP contribution in [0.5, 0.6) is 0 Å². The number of nitrogens with one attached hydrogen (secondary N) is 4. The average Bonchev–Trinajstić information content (AvgIpc) is 2.92. The first-order chi connectivity index (χ1) is 18.3. The fourth-order valence-corrected chi connectivity index (χ4v) is 4.04. The van der Waals surface area contributed by atoms with Crippen LogP contribution in [0.4, 0.5) is 9.18 Å². The fourth-order valence-electron chi connectivity index (χ4n) is 4.04. The molecule has 1 aliphatic heterocycles. The molecule has 38 heavy (non-hydrogen) atoms. The van der Waals surface area contributed by atoms with Crippen molar-refractivity contribution >= 4 is 30.1 Å². The SMILES string of the molecule is O=CC(CC1CCCNC1=O)NC(=O)CNC(=O)C(Cc1ccc(F)cc1)NC(=O)OCc1ccccc1. The molecule has 0 radical (unpaired) electrons. The van der Waals surface area contributed by atoms with Crippen LogP contribution in [-0.2, 0) is 36.9 Å². The highest BCUT2D eigenvalue weighted by molar-refractivity contribution is 5.90. The highest BCUT2D eigenvalue weighted by atomic mass is 19.1. The quantitative estimate of drug-likeness (QED) is 0.308. The number of ether oxygens (including phenoxy) is 1. The normalized spacial score (nSPS) is 16.3. The molecule has 2 aromatic rings.